The maximum atomic E-state index is 11.4. The van der Waals surface area contributed by atoms with Crippen LogP contribution < -0.4 is 22.8 Å². The van der Waals surface area contributed by atoms with Crippen molar-refractivity contribution in [1.29, 1.82) is 0 Å². The van der Waals surface area contributed by atoms with Gasteiger partial charge in [-0.25, -0.2) is 4.98 Å². The Bertz CT molecular complexity index is 573. The van der Waals surface area contributed by atoms with E-state index in [1.165, 1.54) is 0 Å². The van der Waals surface area contributed by atoms with Gasteiger partial charge in [-0.3, -0.25) is 4.79 Å². The zero-order valence-electron chi connectivity index (χ0n) is 8.40. The lowest BCUT2D eigenvalue weighted by molar-refractivity contribution is 1.14. The van der Waals surface area contributed by atoms with Gasteiger partial charge in [-0.2, -0.15) is 0 Å². The molecule has 1 heterocycles. The molecule has 0 fully saturated rings. The highest BCUT2D eigenvalue weighted by Crippen LogP contribution is 2.17. The Labute approximate surface area is 91.1 Å². The number of nitrogen functional groups attached to an aromatic ring is 3. The Morgan fingerprint density at radius 2 is 1.69 bits per heavy atom. The van der Waals surface area contributed by atoms with Gasteiger partial charge < -0.3 is 22.2 Å². The van der Waals surface area contributed by atoms with Crippen LogP contribution in [0.5, 0.6) is 0 Å². The molecule has 2 rings (SSSR count). The van der Waals surface area contributed by atoms with E-state index >= 15 is 0 Å². The van der Waals surface area contributed by atoms with Gasteiger partial charge in [0.15, 0.2) is 5.82 Å². The number of anilines is 3. The topological polar surface area (TPSA) is 124 Å². The fraction of sp³-hybridized carbons (Fsp3) is 0. The summed E-state index contributed by atoms with van der Waals surface area (Å²) in [5.74, 6) is 0.396. The smallest absolute Gasteiger partial charge is 0.276 e. The maximum absolute atomic E-state index is 11.4. The van der Waals surface area contributed by atoms with Crippen molar-refractivity contribution in [2.75, 3.05) is 17.2 Å². The number of benzene rings is 1. The lowest BCUT2D eigenvalue weighted by Crippen LogP contribution is -2.16. The number of H-pyrrole nitrogens is 1. The summed E-state index contributed by atoms with van der Waals surface area (Å²) in [5.41, 5.74) is 17.3. The molecule has 7 N–H and O–H groups in total. The van der Waals surface area contributed by atoms with Crippen LogP contribution in [0.1, 0.15) is 0 Å². The molecule has 0 aliphatic heterocycles. The number of hydrogen-bond acceptors (Lipinski definition) is 5. The fourth-order valence-electron chi connectivity index (χ4n) is 1.28. The van der Waals surface area contributed by atoms with Crippen molar-refractivity contribution in [1.82, 2.24) is 9.97 Å². The minimum Gasteiger partial charge on any atom is -0.399 e. The SMILES string of the molecule is Nc1ccc(-c2nc(N)c(N)c(=O)[nH]2)cc1. The summed E-state index contributed by atoms with van der Waals surface area (Å²) in [5, 5.41) is 0. The van der Waals surface area contributed by atoms with Crippen LogP contribution in [0.15, 0.2) is 29.1 Å². The molecule has 0 atom stereocenters. The second-order valence-corrected chi connectivity index (χ2v) is 3.34. The van der Waals surface area contributed by atoms with Gasteiger partial charge in [0.05, 0.1) is 0 Å². The first-order chi connectivity index (χ1) is 7.58. The first kappa shape index (κ1) is 10.0. The molecule has 6 nitrogen and oxygen atoms in total. The van der Waals surface area contributed by atoms with Gasteiger partial charge in [-0.15, -0.1) is 0 Å². The quantitative estimate of drug-likeness (QED) is 0.507. The van der Waals surface area contributed by atoms with Crippen LogP contribution in [0.4, 0.5) is 17.2 Å². The molecule has 0 saturated carbocycles. The molecule has 0 aliphatic carbocycles. The van der Waals surface area contributed by atoms with Crippen molar-refractivity contribution in [3.63, 3.8) is 0 Å². The number of aromatic amines is 1. The van der Waals surface area contributed by atoms with Crippen LogP contribution in [0.25, 0.3) is 11.4 Å². The van der Waals surface area contributed by atoms with E-state index in [-0.39, 0.29) is 11.5 Å². The summed E-state index contributed by atoms with van der Waals surface area (Å²) in [6.45, 7) is 0. The third-order valence-corrected chi connectivity index (χ3v) is 2.17. The molecule has 0 unspecified atom stereocenters. The van der Waals surface area contributed by atoms with E-state index in [9.17, 15) is 4.79 Å². The molecule has 16 heavy (non-hydrogen) atoms. The zero-order chi connectivity index (χ0) is 11.7. The van der Waals surface area contributed by atoms with Crippen LogP contribution >= 0.6 is 0 Å². The molecular formula is C10H11N5O. The van der Waals surface area contributed by atoms with E-state index in [0.29, 0.717) is 11.5 Å². The minimum atomic E-state index is -0.445. The molecule has 0 aliphatic rings. The second-order valence-electron chi connectivity index (χ2n) is 3.34. The highest BCUT2D eigenvalue weighted by Gasteiger charge is 2.06. The predicted molar refractivity (Wildman–Crippen MR) is 63.5 cm³/mol. The fourth-order valence-corrected chi connectivity index (χ4v) is 1.28. The van der Waals surface area contributed by atoms with Crippen molar-refractivity contribution < 1.29 is 0 Å². The van der Waals surface area contributed by atoms with Crippen molar-refractivity contribution in [2.45, 2.75) is 0 Å². The van der Waals surface area contributed by atoms with Crippen LogP contribution in [-0.4, -0.2) is 9.97 Å². The number of nitrogens with one attached hydrogen (secondary N) is 1. The lowest BCUT2D eigenvalue weighted by Gasteiger charge is -2.04. The monoisotopic (exact) mass is 217 g/mol. The molecular weight excluding hydrogens is 206 g/mol. The summed E-state index contributed by atoms with van der Waals surface area (Å²) < 4.78 is 0. The van der Waals surface area contributed by atoms with E-state index < -0.39 is 5.56 Å². The second kappa shape index (κ2) is 3.58. The van der Waals surface area contributed by atoms with Crippen LogP contribution in [0.3, 0.4) is 0 Å². The van der Waals surface area contributed by atoms with Crippen molar-refractivity contribution in [3.05, 3.63) is 34.6 Å². The maximum Gasteiger partial charge on any atom is 0.276 e. The van der Waals surface area contributed by atoms with E-state index in [1.807, 2.05) is 0 Å². The Balaban J connectivity index is 2.57. The first-order valence-electron chi connectivity index (χ1n) is 4.59. The molecule has 0 amide bonds. The summed E-state index contributed by atoms with van der Waals surface area (Å²) in [6, 6.07) is 6.90. The molecule has 0 bridgehead atoms. The summed E-state index contributed by atoms with van der Waals surface area (Å²) in [7, 11) is 0. The number of hydrogen-bond donors (Lipinski definition) is 4. The van der Waals surface area contributed by atoms with Crippen molar-refractivity contribution >= 4 is 17.2 Å². The van der Waals surface area contributed by atoms with E-state index in [1.54, 1.807) is 24.3 Å². The highest BCUT2D eigenvalue weighted by molar-refractivity contribution is 5.64. The molecule has 82 valence electrons. The molecule has 0 spiro atoms. The zero-order valence-corrected chi connectivity index (χ0v) is 8.40. The van der Waals surface area contributed by atoms with Gasteiger partial charge in [0.1, 0.15) is 11.5 Å². The average Bonchev–Trinajstić information content (AvgIpc) is 2.26. The van der Waals surface area contributed by atoms with E-state index in [2.05, 4.69) is 9.97 Å². The van der Waals surface area contributed by atoms with Gasteiger partial charge in [0.2, 0.25) is 0 Å². The van der Waals surface area contributed by atoms with Crippen molar-refractivity contribution in [3.8, 4) is 11.4 Å². The Morgan fingerprint density at radius 3 is 2.25 bits per heavy atom. The summed E-state index contributed by atoms with van der Waals surface area (Å²) in [4.78, 5) is 17.9. The summed E-state index contributed by atoms with van der Waals surface area (Å²) >= 11 is 0. The number of aromatic nitrogens is 2. The Kier molecular flexibility index (Phi) is 2.24. The summed E-state index contributed by atoms with van der Waals surface area (Å²) in [6.07, 6.45) is 0. The first-order valence-corrected chi connectivity index (χ1v) is 4.59. The molecule has 6 heteroatoms. The van der Waals surface area contributed by atoms with E-state index in [0.717, 1.165) is 5.56 Å². The minimum absolute atomic E-state index is 0.0237. The average molecular weight is 217 g/mol. The third-order valence-electron chi connectivity index (χ3n) is 2.17. The molecule has 1 aromatic carbocycles. The van der Waals surface area contributed by atoms with Gasteiger partial charge in [0, 0.05) is 11.3 Å². The van der Waals surface area contributed by atoms with Crippen LogP contribution in [-0.2, 0) is 0 Å². The Morgan fingerprint density at radius 1 is 1.06 bits per heavy atom. The molecule has 0 radical (unpaired) electrons. The van der Waals surface area contributed by atoms with Gasteiger partial charge in [-0.1, -0.05) is 0 Å². The third kappa shape index (κ3) is 1.68. The molecule has 1 aromatic heterocycles. The largest absolute Gasteiger partial charge is 0.399 e. The standard InChI is InChI=1S/C10H11N5O/c11-6-3-1-5(2-4-6)9-14-8(13)7(12)10(16)15-9/h1-4H,11-12H2,(H3,13,14,15,16). The van der Waals surface area contributed by atoms with Crippen LogP contribution in [0.2, 0.25) is 0 Å². The normalized spacial score (nSPS) is 10.2. The van der Waals surface area contributed by atoms with Crippen molar-refractivity contribution in [2.24, 2.45) is 0 Å². The lowest BCUT2D eigenvalue weighted by atomic mass is 10.2. The van der Waals surface area contributed by atoms with Crippen LogP contribution in [0, 0.1) is 0 Å². The van der Waals surface area contributed by atoms with Gasteiger partial charge >= 0.3 is 0 Å². The van der Waals surface area contributed by atoms with E-state index in [4.69, 9.17) is 17.2 Å². The highest BCUT2D eigenvalue weighted by atomic mass is 16.1. The molecule has 2 aromatic rings. The number of nitrogens with zero attached hydrogens (tertiary/aromatic N) is 1. The van der Waals surface area contributed by atoms with Gasteiger partial charge in [0.25, 0.3) is 5.56 Å². The number of nitrogens with two attached hydrogens (primary N) is 3. The predicted octanol–water partition coefficient (Wildman–Crippen LogP) is 0.183. The number of rotatable bonds is 1. The Hall–Kier alpha value is -2.50. The molecule has 0 saturated heterocycles. The van der Waals surface area contributed by atoms with Gasteiger partial charge in [-0.05, 0) is 24.3 Å².